The second kappa shape index (κ2) is 9.28. The van der Waals surface area contributed by atoms with Crippen LogP contribution in [0.2, 0.25) is 0 Å². The van der Waals surface area contributed by atoms with Gasteiger partial charge >= 0.3 is 5.97 Å². The van der Waals surface area contributed by atoms with Crippen molar-refractivity contribution in [1.29, 1.82) is 0 Å². The number of benzene rings is 2. The van der Waals surface area contributed by atoms with Gasteiger partial charge in [-0.2, -0.15) is 0 Å². The van der Waals surface area contributed by atoms with Crippen molar-refractivity contribution < 1.29 is 23.9 Å². The van der Waals surface area contributed by atoms with Crippen LogP contribution >= 0.6 is 0 Å². The first-order chi connectivity index (χ1) is 13.2. The van der Waals surface area contributed by atoms with E-state index in [1.54, 1.807) is 55.6 Å². The number of methoxy groups -OCH3 is 1. The molecule has 0 aromatic heterocycles. The minimum atomic E-state index is -0.564. The predicted molar refractivity (Wildman–Crippen MR) is 106 cm³/mol. The van der Waals surface area contributed by atoms with E-state index in [-0.39, 0.29) is 18.3 Å². The van der Waals surface area contributed by atoms with Crippen LogP contribution in [0.1, 0.15) is 47.1 Å². The van der Waals surface area contributed by atoms with Gasteiger partial charge in [-0.05, 0) is 42.0 Å². The molecule has 0 spiro atoms. The first kappa shape index (κ1) is 21.3. The van der Waals surface area contributed by atoms with Crippen LogP contribution in [0.5, 0.6) is 0 Å². The molecule has 6 heteroatoms. The van der Waals surface area contributed by atoms with E-state index < -0.39 is 11.4 Å². The van der Waals surface area contributed by atoms with Gasteiger partial charge in [0.15, 0.2) is 12.4 Å². The van der Waals surface area contributed by atoms with Crippen LogP contribution in [0.15, 0.2) is 48.5 Å². The number of Topliss-reactive ketones (excluding diaryl/α,β-unsaturated/α-hetero) is 1. The Balaban J connectivity index is 1.90. The first-order valence-corrected chi connectivity index (χ1v) is 8.90. The van der Waals surface area contributed by atoms with Gasteiger partial charge < -0.3 is 14.8 Å². The molecule has 148 valence electrons. The Labute approximate surface area is 164 Å². The summed E-state index contributed by atoms with van der Waals surface area (Å²) in [5.41, 5.74) is 1.80. The summed E-state index contributed by atoms with van der Waals surface area (Å²) >= 11 is 0. The van der Waals surface area contributed by atoms with Gasteiger partial charge in [0, 0.05) is 23.8 Å². The third kappa shape index (κ3) is 6.03. The van der Waals surface area contributed by atoms with Gasteiger partial charge in [0.1, 0.15) is 0 Å². The summed E-state index contributed by atoms with van der Waals surface area (Å²) in [6, 6.07) is 13.3. The molecule has 0 radical (unpaired) electrons. The highest BCUT2D eigenvalue weighted by atomic mass is 16.5. The molecule has 28 heavy (non-hydrogen) atoms. The van der Waals surface area contributed by atoms with Gasteiger partial charge in [0.2, 0.25) is 5.91 Å². The topological polar surface area (TPSA) is 81.7 Å². The molecule has 2 rings (SSSR count). The zero-order valence-electron chi connectivity index (χ0n) is 16.6. The highest BCUT2D eigenvalue weighted by Gasteiger charge is 2.21. The van der Waals surface area contributed by atoms with E-state index in [4.69, 9.17) is 9.47 Å². The predicted octanol–water partition coefficient (Wildman–Crippen LogP) is 3.86. The molecule has 6 nitrogen and oxygen atoms in total. The third-order valence-electron chi connectivity index (χ3n) is 3.98. The van der Waals surface area contributed by atoms with Crippen LogP contribution in [0, 0.1) is 5.41 Å². The lowest BCUT2D eigenvalue weighted by atomic mass is 9.95. The number of rotatable bonds is 7. The van der Waals surface area contributed by atoms with Crippen molar-refractivity contribution in [1.82, 2.24) is 0 Å². The fourth-order valence-corrected chi connectivity index (χ4v) is 2.26. The quantitative estimate of drug-likeness (QED) is 0.580. The number of ether oxygens (including phenoxy) is 2. The number of carbonyl (C=O) groups excluding carboxylic acids is 3. The molecule has 2 aromatic rings. The fourth-order valence-electron chi connectivity index (χ4n) is 2.26. The molecule has 0 fully saturated rings. The van der Waals surface area contributed by atoms with E-state index in [0.717, 1.165) is 5.56 Å². The lowest BCUT2D eigenvalue weighted by molar-refractivity contribution is -0.123. The Morgan fingerprint density at radius 1 is 0.893 bits per heavy atom. The standard InChI is InChI=1S/C22H25NO5/c1-22(2,3)21(26)23-18-11-9-16(10-12-18)19(24)14-28-20(25)17-7-5-15(6-8-17)13-27-4/h5-12H,13-14H2,1-4H3,(H,23,26). The third-order valence-corrected chi connectivity index (χ3v) is 3.98. The highest BCUT2D eigenvalue weighted by Crippen LogP contribution is 2.18. The lowest BCUT2D eigenvalue weighted by Crippen LogP contribution is -2.27. The molecule has 0 aliphatic rings. The molecule has 0 aliphatic heterocycles. The summed E-state index contributed by atoms with van der Waals surface area (Å²) in [7, 11) is 1.60. The number of ketones is 1. The van der Waals surface area contributed by atoms with Crippen molar-refractivity contribution in [2.75, 3.05) is 19.0 Å². The van der Waals surface area contributed by atoms with E-state index in [0.29, 0.717) is 23.4 Å². The van der Waals surface area contributed by atoms with Crippen molar-refractivity contribution in [3.05, 3.63) is 65.2 Å². The Kier molecular flexibility index (Phi) is 7.06. The van der Waals surface area contributed by atoms with Crippen molar-refractivity contribution in [2.45, 2.75) is 27.4 Å². The SMILES string of the molecule is COCc1ccc(C(=O)OCC(=O)c2ccc(NC(=O)C(C)(C)C)cc2)cc1. The Hall–Kier alpha value is -2.99. The summed E-state index contributed by atoms with van der Waals surface area (Å²) in [6.07, 6.45) is 0. The minimum absolute atomic E-state index is 0.114. The average Bonchev–Trinajstić information content (AvgIpc) is 2.66. The maximum atomic E-state index is 12.2. The van der Waals surface area contributed by atoms with Crippen LogP contribution < -0.4 is 5.32 Å². The van der Waals surface area contributed by atoms with Crippen LogP contribution in [-0.2, 0) is 20.9 Å². The molecule has 0 aliphatic carbocycles. The second-order valence-corrected chi connectivity index (χ2v) is 7.41. The summed E-state index contributed by atoms with van der Waals surface area (Å²) < 4.78 is 10.1. The van der Waals surface area contributed by atoms with E-state index >= 15 is 0 Å². The van der Waals surface area contributed by atoms with Gasteiger partial charge in [-0.25, -0.2) is 4.79 Å². The maximum absolute atomic E-state index is 12.2. The van der Waals surface area contributed by atoms with Crippen molar-refractivity contribution in [3.8, 4) is 0 Å². The molecule has 1 amide bonds. The summed E-state index contributed by atoms with van der Waals surface area (Å²) in [6.45, 7) is 5.56. The largest absolute Gasteiger partial charge is 0.454 e. The molecule has 0 saturated carbocycles. The molecular formula is C22H25NO5. The van der Waals surface area contributed by atoms with E-state index in [2.05, 4.69) is 5.32 Å². The van der Waals surface area contributed by atoms with E-state index in [1.807, 2.05) is 20.8 Å². The van der Waals surface area contributed by atoms with Crippen molar-refractivity contribution >= 4 is 23.3 Å². The first-order valence-electron chi connectivity index (χ1n) is 8.90. The Morgan fingerprint density at radius 3 is 2.00 bits per heavy atom. The molecule has 0 saturated heterocycles. The normalized spacial score (nSPS) is 11.0. The van der Waals surface area contributed by atoms with E-state index in [9.17, 15) is 14.4 Å². The second-order valence-electron chi connectivity index (χ2n) is 7.41. The van der Waals surface area contributed by atoms with Crippen LogP contribution in [0.3, 0.4) is 0 Å². The summed E-state index contributed by atoms with van der Waals surface area (Å²) in [5, 5.41) is 2.79. The number of hydrogen-bond acceptors (Lipinski definition) is 5. The number of carbonyl (C=O) groups is 3. The number of esters is 1. The van der Waals surface area contributed by atoms with Gasteiger partial charge in [-0.3, -0.25) is 9.59 Å². The molecule has 2 aromatic carbocycles. The monoisotopic (exact) mass is 383 g/mol. The molecule has 1 N–H and O–H groups in total. The molecule has 0 heterocycles. The summed E-state index contributed by atoms with van der Waals surface area (Å²) in [5.74, 6) is -0.999. The minimum Gasteiger partial charge on any atom is -0.454 e. The van der Waals surface area contributed by atoms with E-state index in [1.165, 1.54) is 0 Å². The lowest BCUT2D eigenvalue weighted by Gasteiger charge is -2.17. The zero-order chi connectivity index (χ0) is 20.7. The summed E-state index contributed by atoms with van der Waals surface area (Å²) in [4.78, 5) is 36.3. The number of hydrogen-bond donors (Lipinski definition) is 1. The van der Waals surface area contributed by atoms with Crippen molar-refractivity contribution in [2.24, 2.45) is 5.41 Å². The van der Waals surface area contributed by atoms with Gasteiger partial charge in [0.25, 0.3) is 0 Å². The smallest absolute Gasteiger partial charge is 0.338 e. The van der Waals surface area contributed by atoms with Crippen LogP contribution in [0.4, 0.5) is 5.69 Å². The maximum Gasteiger partial charge on any atom is 0.338 e. The molecule has 0 atom stereocenters. The number of nitrogens with one attached hydrogen (secondary N) is 1. The van der Waals surface area contributed by atoms with Gasteiger partial charge in [-0.15, -0.1) is 0 Å². The molecule has 0 bridgehead atoms. The fraction of sp³-hybridized carbons (Fsp3) is 0.318. The molecular weight excluding hydrogens is 358 g/mol. The van der Waals surface area contributed by atoms with Gasteiger partial charge in [0.05, 0.1) is 12.2 Å². The Morgan fingerprint density at radius 2 is 1.46 bits per heavy atom. The van der Waals surface area contributed by atoms with Gasteiger partial charge in [-0.1, -0.05) is 32.9 Å². The average molecular weight is 383 g/mol. The number of amides is 1. The number of anilines is 1. The highest BCUT2D eigenvalue weighted by molar-refractivity contribution is 6.00. The Bertz CT molecular complexity index is 833. The van der Waals surface area contributed by atoms with Crippen LogP contribution in [0.25, 0.3) is 0 Å². The van der Waals surface area contributed by atoms with Crippen LogP contribution in [-0.4, -0.2) is 31.4 Å². The van der Waals surface area contributed by atoms with Crippen molar-refractivity contribution in [3.63, 3.8) is 0 Å². The zero-order valence-corrected chi connectivity index (χ0v) is 16.6. The molecule has 0 unspecified atom stereocenters.